The molecular weight excluding hydrogens is 263 g/mol. The lowest BCUT2D eigenvalue weighted by molar-refractivity contribution is 0.615. The van der Waals surface area contributed by atoms with E-state index in [9.17, 15) is 9.18 Å². The molecule has 0 bridgehead atoms. The quantitative estimate of drug-likeness (QED) is 0.794. The Bertz CT molecular complexity index is 553. The smallest absolute Gasteiger partial charge is 0.277 e. The van der Waals surface area contributed by atoms with E-state index < -0.39 is 5.82 Å². The Morgan fingerprint density at radius 3 is 2.80 bits per heavy atom. The molecule has 0 saturated carbocycles. The highest BCUT2D eigenvalue weighted by atomic mass is 79.9. The Hall–Kier alpha value is -1.49. The number of hydrogen-bond acceptors (Lipinski definition) is 2. The third-order valence-corrected chi connectivity index (χ3v) is 2.45. The van der Waals surface area contributed by atoms with E-state index in [1.165, 1.54) is 29.1 Å². The Balaban J connectivity index is 2.70. The van der Waals surface area contributed by atoms with Crippen LogP contribution in [0.3, 0.4) is 0 Å². The lowest BCUT2D eigenvalue weighted by Crippen LogP contribution is -2.20. The first-order chi connectivity index (χ1) is 7.20. The van der Waals surface area contributed by atoms with Crippen molar-refractivity contribution in [2.75, 3.05) is 0 Å². The van der Waals surface area contributed by atoms with E-state index in [0.29, 0.717) is 0 Å². The molecule has 0 unspecified atom stereocenters. The second kappa shape index (κ2) is 3.94. The highest BCUT2D eigenvalue weighted by Crippen LogP contribution is 2.10. The van der Waals surface area contributed by atoms with Crippen molar-refractivity contribution >= 4 is 15.9 Å². The first-order valence-electron chi connectivity index (χ1n) is 4.18. The van der Waals surface area contributed by atoms with Crippen LogP contribution in [0.1, 0.15) is 0 Å². The first kappa shape index (κ1) is 10.0. The van der Waals surface area contributed by atoms with Gasteiger partial charge < -0.3 is 0 Å². The predicted molar refractivity (Wildman–Crippen MR) is 57.5 cm³/mol. The highest BCUT2D eigenvalue weighted by Gasteiger charge is 2.06. The SMILES string of the molecule is O=c1c(Br)nccn1-c1ccccc1F. The molecule has 0 radical (unpaired) electrons. The van der Waals surface area contributed by atoms with Gasteiger partial charge >= 0.3 is 0 Å². The number of rotatable bonds is 1. The molecule has 1 aromatic heterocycles. The number of aromatic nitrogens is 2. The van der Waals surface area contributed by atoms with Crippen LogP contribution in [0.15, 0.2) is 46.1 Å². The maximum atomic E-state index is 13.4. The molecule has 0 aliphatic rings. The highest BCUT2D eigenvalue weighted by molar-refractivity contribution is 9.10. The molecule has 3 nitrogen and oxygen atoms in total. The molecule has 0 N–H and O–H groups in total. The minimum Gasteiger partial charge on any atom is -0.277 e. The topological polar surface area (TPSA) is 34.9 Å². The van der Waals surface area contributed by atoms with E-state index in [1.807, 2.05) is 0 Å². The first-order valence-corrected chi connectivity index (χ1v) is 4.97. The summed E-state index contributed by atoms with van der Waals surface area (Å²) in [5.41, 5.74) is -0.173. The van der Waals surface area contributed by atoms with Gasteiger partial charge in [-0.25, -0.2) is 9.37 Å². The van der Waals surface area contributed by atoms with Gasteiger partial charge in [-0.15, -0.1) is 0 Å². The summed E-state index contributed by atoms with van der Waals surface area (Å²) in [7, 11) is 0. The van der Waals surface area contributed by atoms with Crippen LogP contribution >= 0.6 is 15.9 Å². The molecular formula is C10H6BrFN2O. The van der Waals surface area contributed by atoms with Crippen LogP contribution in [-0.2, 0) is 0 Å². The average Bonchev–Trinajstić information content (AvgIpc) is 2.23. The minimum atomic E-state index is -0.447. The van der Waals surface area contributed by atoms with Crippen LogP contribution in [-0.4, -0.2) is 9.55 Å². The van der Waals surface area contributed by atoms with Gasteiger partial charge in [-0.3, -0.25) is 9.36 Å². The molecule has 2 rings (SSSR count). The van der Waals surface area contributed by atoms with E-state index >= 15 is 0 Å². The number of halogens is 2. The van der Waals surface area contributed by atoms with Crippen LogP contribution in [0.4, 0.5) is 4.39 Å². The van der Waals surface area contributed by atoms with Gasteiger partial charge in [0.25, 0.3) is 5.56 Å². The fraction of sp³-hybridized carbons (Fsp3) is 0. The zero-order valence-corrected chi connectivity index (χ0v) is 9.11. The van der Waals surface area contributed by atoms with Gasteiger partial charge in [0.1, 0.15) is 5.82 Å². The maximum Gasteiger partial charge on any atom is 0.288 e. The van der Waals surface area contributed by atoms with Crippen LogP contribution in [0.2, 0.25) is 0 Å². The van der Waals surface area contributed by atoms with Crippen molar-refractivity contribution in [2.24, 2.45) is 0 Å². The summed E-state index contributed by atoms with van der Waals surface area (Å²) < 4.78 is 14.8. The number of para-hydroxylation sites is 1. The molecule has 0 aliphatic heterocycles. The van der Waals surface area contributed by atoms with Gasteiger partial charge in [-0.2, -0.15) is 0 Å². The Labute approximate surface area is 93.3 Å². The maximum absolute atomic E-state index is 13.4. The summed E-state index contributed by atoms with van der Waals surface area (Å²) in [6.07, 6.45) is 2.85. The molecule has 0 aliphatic carbocycles. The molecule has 1 heterocycles. The Morgan fingerprint density at radius 1 is 1.33 bits per heavy atom. The molecule has 76 valence electrons. The Morgan fingerprint density at radius 2 is 2.07 bits per heavy atom. The van der Waals surface area contributed by atoms with Crippen molar-refractivity contribution in [3.63, 3.8) is 0 Å². The summed E-state index contributed by atoms with van der Waals surface area (Å²) >= 11 is 3.00. The zero-order chi connectivity index (χ0) is 10.8. The van der Waals surface area contributed by atoms with E-state index in [1.54, 1.807) is 12.1 Å². The lowest BCUT2D eigenvalue weighted by atomic mass is 10.3. The van der Waals surface area contributed by atoms with Crippen molar-refractivity contribution in [3.8, 4) is 5.69 Å². The fourth-order valence-corrected chi connectivity index (χ4v) is 1.53. The van der Waals surface area contributed by atoms with Crippen molar-refractivity contribution < 1.29 is 4.39 Å². The molecule has 1 aromatic carbocycles. The molecule has 0 amide bonds. The monoisotopic (exact) mass is 268 g/mol. The molecule has 2 aromatic rings. The standard InChI is InChI=1S/C10H6BrFN2O/c11-9-10(15)14(6-5-13-9)8-4-2-1-3-7(8)12/h1-6H. The van der Waals surface area contributed by atoms with Crippen LogP contribution < -0.4 is 5.56 Å². The van der Waals surface area contributed by atoms with Crippen LogP contribution in [0, 0.1) is 5.82 Å². The summed E-state index contributed by atoms with van der Waals surface area (Å²) in [5, 5.41) is 0. The van der Waals surface area contributed by atoms with Crippen molar-refractivity contribution in [1.29, 1.82) is 0 Å². The van der Waals surface area contributed by atoms with E-state index in [4.69, 9.17) is 0 Å². The van der Waals surface area contributed by atoms with E-state index in [0.717, 1.165) is 0 Å². The zero-order valence-electron chi connectivity index (χ0n) is 7.52. The summed E-state index contributed by atoms with van der Waals surface area (Å²) in [6.45, 7) is 0. The molecule has 0 spiro atoms. The third kappa shape index (κ3) is 1.83. The number of nitrogens with zero attached hydrogens (tertiary/aromatic N) is 2. The lowest BCUT2D eigenvalue weighted by Gasteiger charge is -2.05. The van der Waals surface area contributed by atoms with Gasteiger partial charge in [-0.1, -0.05) is 12.1 Å². The van der Waals surface area contributed by atoms with Gasteiger partial charge in [0.05, 0.1) is 5.69 Å². The number of hydrogen-bond donors (Lipinski definition) is 0. The summed E-state index contributed by atoms with van der Waals surface area (Å²) in [6, 6.07) is 6.07. The summed E-state index contributed by atoms with van der Waals surface area (Å²) in [4.78, 5) is 15.4. The minimum absolute atomic E-state index is 0.160. The van der Waals surface area contributed by atoms with Crippen molar-refractivity contribution in [3.05, 3.63) is 57.4 Å². The molecule has 0 saturated heterocycles. The van der Waals surface area contributed by atoms with Gasteiger partial charge in [0, 0.05) is 12.4 Å². The van der Waals surface area contributed by atoms with Gasteiger partial charge in [0.2, 0.25) is 0 Å². The second-order valence-electron chi connectivity index (χ2n) is 2.84. The molecule has 15 heavy (non-hydrogen) atoms. The van der Waals surface area contributed by atoms with Crippen molar-refractivity contribution in [1.82, 2.24) is 9.55 Å². The van der Waals surface area contributed by atoms with Gasteiger partial charge in [0.15, 0.2) is 4.60 Å². The largest absolute Gasteiger partial charge is 0.288 e. The van der Waals surface area contributed by atoms with Crippen LogP contribution in [0.25, 0.3) is 5.69 Å². The van der Waals surface area contributed by atoms with Crippen LogP contribution in [0.5, 0.6) is 0 Å². The van der Waals surface area contributed by atoms with E-state index in [-0.39, 0.29) is 15.8 Å². The summed E-state index contributed by atoms with van der Waals surface area (Å²) in [5.74, 6) is -0.447. The second-order valence-corrected chi connectivity index (χ2v) is 3.60. The average molecular weight is 269 g/mol. The predicted octanol–water partition coefficient (Wildman–Crippen LogP) is 2.13. The van der Waals surface area contributed by atoms with E-state index in [2.05, 4.69) is 20.9 Å². The normalized spacial score (nSPS) is 10.3. The molecule has 0 fully saturated rings. The number of benzene rings is 1. The van der Waals surface area contributed by atoms with Crippen molar-refractivity contribution in [2.45, 2.75) is 0 Å². The fourth-order valence-electron chi connectivity index (χ4n) is 1.22. The third-order valence-electron chi connectivity index (χ3n) is 1.91. The Kier molecular flexibility index (Phi) is 2.64. The molecule has 0 atom stereocenters. The molecule has 5 heteroatoms. The van der Waals surface area contributed by atoms with Gasteiger partial charge in [-0.05, 0) is 28.1 Å².